The molecule has 2 amide bonds. The lowest BCUT2D eigenvalue weighted by molar-refractivity contribution is -0.189. The number of alkyl halides is 3. The lowest BCUT2D eigenvalue weighted by Gasteiger charge is -2.23. The number of para-hydroxylation sites is 1. The first-order valence-corrected chi connectivity index (χ1v) is 15.1. The zero-order chi connectivity index (χ0) is 33.2. The molecule has 0 saturated carbocycles. The Bertz CT molecular complexity index is 1950. The van der Waals surface area contributed by atoms with Gasteiger partial charge in [0.25, 0.3) is 21.8 Å². The summed E-state index contributed by atoms with van der Waals surface area (Å²) in [5, 5.41) is 0.470. The van der Waals surface area contributed by atoms with Gasteiger partial charge in [-0.15, -0.1) is 0 Å². The summed E-state index contributed by atoms with van der Waals surface area (Å²) in [7, 11) is -4.50. The number of nitrogens with one attached hydrogen (secondary N) is 1. The molecule has 0 aliphatic carbocycles. The Hall–Kier alpha value is -5.12. The molecular formula is C30H23F5N4O6S. The average molecular weight is 663 g/mol. The maximum absolute atomic E-state index is 13.7. The molecular weight excluding hydrogens is 639 g/mol. The molecule has 1 N–H and O–H groups in total. The van der Waals surface area contributed by atoms with Gasteiger partial charge in [-0.2, -0.15) is 13.2 Å². The number of carbonyl (C=O) groups is 3. The van der Waals surface area contributed by atoms with Gasteiger partial charge >= 0.3 is 12.1 Å². The predicted molar refractivity (Wildman–Crippen MR) is 153 cm³/mol. The molecule has 5 rings (SSSR count). The van der Waals surface area contributed by atoms with Gasteiger partial charge in [-0.05, 0) is 55.0 Å². The molecule has 0 atom stereocenters. The van der Waals surface area contributed by atoms with E-state index in [-0.39, 0.29) is 54.1 Å². The van der Waals surface area contributed by atoms with E-state index in [1.54, 1.807) is 18.2 Å². The van der Waals surface area contributed by atoms with Crippen molar-refractivity contribution in [2.45, 2.75) is 17.5 Å². The molecule has 3 aromatic carbocycles. The maximum atomic E-state index is 13.7. The van der Waals surface area contributed by atoms with Crippen LogP contribution in [0.2, 0.25) is 0 Å². The number of pyridine rings is 1. The third-order valence-electron chi connectivity index (χ3n) is 7.03. The summed E-state index contributed by atoms with van der Waals surface area (Å²) in [6.07, 6.45) is -3.81. The largest absolute Gasteiger partial charge is 0.491 e. The molecule has 1 aromatic heterocycles. The number of anilines is 1. The fraction of sp³-hybridized carbons (Fsp3) is 0.200. The van der Waals surface area contributed by atoms with Crippen LogP contribution in [0.4, 0.5) is 27.6 Å². The van der Waals surface area contributed by atoms with E-state index in [0.29, 0.717) is 5.39 Å². The summed E-state index contributed by atoms with van der Waals surface area (Å²) in [5.41, 5.74) is -0.801. The van der Waals surface area contributed by atoms with Crippen LogP contribution >= 0.6 is 0 Å². The van der Waals surface area contributed by atoms with Gasteiger partial charge in [-0.3, -0.25) is 19.3 Å². The number of amides is 2. The zero-order valence-electron chi connectivity index (χ0n) is 23.6. The van der Waals surface area contributed by atoms with E-state index >= 15 is 0 Å². The molecule has 0 spiro atoms. The highest BCUT2D eigenvalue weighted by molar-refractivity contribution is 7.93. The van der Waals surface area contributed by atoms with Gasteiger partial charge in [-0.25, -0.2) is 22.0 Å². The molecule has 2 heterocycles. The van der Waals surface area contributed by atoms with Crippen LogP contribution in [-0.4, -0.2) is 73.3 Å². The molecule has 1 saturated heterocycles. The topological polar surface area (TPSA) is 126 Å². The minimum atomic E-state index is -5.44. The number of sulfonamides is 1. The van der Waals surface area contributed by atoms with E-state index in [4.69, 9.17) is 0 Å². The molecule has 0 unspecified atom stereocenters. The monoisotopic (exact) mass is 662 g/mol. The summed E-state index contributed by atoms with van der Waals surface area (Å²) in [4.78, 5) is 44.4. The number of ether oxygens (including phenoxy) is 1. The van der Waals surface area contributed by atoms with Crippen LogP contribution < -0.4 is 9.46 Å². The van der Waals surface area contributed by atoms with E-state index in [9.17, 15) is 44.8 Å². The number of nitrogens with zero attached hydrogens (tertiary/aromatic N) is 3. The van der Waals surface area contributed by atoms with E-state index in [0.717, 1.165) is 36.4 Å². The smallest absolute Gasteiger partial charge is 0.418 e. The van der Waals surface area contributed by atoms with E-state index in [1.165, 1.54) is 28.1 Å². The van der Waals surface area contributed by atoms with Gasteiger partial charge in [0, 0.05) is 48.9 Å². The third-order valence-corrected chi connectivity index (χ3v) is 8.43. The summed E-state index contributed by atoms with van der Waals surface area (Å²) in [6, 6.07) is 13.1. The van der Waals surface area contributed by atoms with Gasteiger partial charge in [0.1, 0.15) is 4.90 Å². The molecule has 0 radical (unpaired) electrons. The SMILES string of the molecule is O=C(c1ccc(F)c(F)c1)N1CCCN(C(=O)c2ccc(NS(=O)(=O)c3cccc4cccnc34)c(OC(=O)C(F)(F)F)c2)CC1. The molecule has 46 heavy (non-hydrogen) atoms. The number of halogens is 5. The van der Waals surface area contributed by atoms with Gasteiger partial charge in [-0.1, -0.05) is 18.2 Å². The molecule has 1 fully saturated rings. The molecule has 16 heteroatoms. The van der Waals surface area contributed by atoms with Crippen molar-refractivity contribution in [3.05, 3.63) is 95.7 Å². The number of rotatable bonds is 6. The van der Waals surface area contributed by atoms with Crippen LogP contribution in [0.1, 0.15) is 27.1 Å². The number of carbonyl (C=O) groups excluding carboxylic acids is 3. The minimum absolute atomic E-state index is 0.00354. The van der Waals surface area contributed by atoms with Crippen molar-refractivity contribution in [2.24, 2.45) is 0 Å². The quantitative estimate of drug-likeness (QED) is 0.179. The molecule has 0 bridgehead atoms. The van der Waals surface area contributed by atoms with Crippen molar-refractivity contribution in [2.75, 3.05) is 30.9 Å². The summed E-state index contributed by atoms with van der Waals surface area (Å²) in [6.45, 7) is 0.241. The van der Waals surface area contributed by atoms with Crippen LogP contribution in [0.3, 0.4) is 0 Å². The maximum Gasteiger partial charge on any atom is 0.491 e. The van der Waals surface area contributed by atoms with Gasteiger partial charge in [0.15, 0.2) is 17.4 Å². The summed E-state index contributed by atoms with van der Waals surface area (Å²) < 4.78 is 99.6. The van der Waals surface area contributed by atoms with Crippen LogP contribution in [0.25, 0.3) is 10.9 Å². The number of esters is 1. The first-order valence-electron chi connectivity index (χ1n) is 13.6. The summed E-state index contributed by atoms with van der Waals surface area (Å²) >= 11 is 0. The highest BCUT2D eigenvalue weighted by Crippen LogP contribution is 2.32. The Kier molecular flexibility index (Phi) is 8.92. The highest BCUT2D eigenvalue weighted by atomic mass is 32.2. The lowest BCUT2D eigenvalue weighted by atomic mass is 10.1. The fourth-order valence-electron chi connectivity index (χ4n) is 4.79. The van der Waals surface area contributed by atoms with E-state index < -0.39 is 57.1 Å². The van der Waals surface area contributed by atoms with Crippen LogP contribution in [0.15, 0.2) is 77.8 Å². The van der Waals surface area contributed by atoms with Crippen molar-refractivity contribution in [3.63, 3.8) is 0 Å². The van der Waals surface area contributed by atoms with E-state index in [1.807, 2.05) is 0 Å². The number of hydrogen-bond donors (Lipinski definition) is 1. The highest BCUT2D eigenvalue weighted by Gasteiger charge is 2.42. The number of fused-ring (bicyclic) bond motifs is 1. The van der Waals surface area contributed by atoms with Gasteiger partial charge in [0.2, 0.25) is 0 Å². The Balaban J connectivity index is 1.40. The minimum Gasteiger partial charge on any atom is -0.418 e. The van der Waals surface area contributed by atoms with Crippen LogP contribution in [0.5, 0.6) is 5.75 Å². The predicted octanol–water partition coefficient (Wildman–Crippen LogP) is 4.77. The summed E-state index contributed by atoms with van der Waals surface area (Å²) in [5.74, 6) is -7.14. The molecule has 4 aromatic rings. The van der Waals surface area contributed by atoms with Crippen molar-refractivity contribution in [3.8, 4) is 5.75 Å². The molecule has 1 aliphatic rings. The van der Waals surface area contributed by atoms with Crippen molar-refractivity contribution < 1.29 is 49.5 Å². The standard InChI is InChI=1S/C30H23F5N4O6S/c31-21-9-7-19(16-22(21)32)27(40)38-12-3-13-39(15-14-38)28(41)20-8-10-23(24(17-20)45-29(42)30(33,34)35)37-46(43,44)25-6-1-4-18-5-2-11-36-26(18)25/h1-2,4-11,16-17,37H,3,12-15H2. The Morgan fingerprint density at radius 3 is 2.09 bits per heavy atom. The van der Waals surface area contributed by atoms with Crippen molar-refractivity contribution >= 4 is 44.4 Å². The second kappa shape index (κ2) is 12.7. The normalized spacial score (nSPS) is 14.1. The first-order chi connectivity index (χ1) is 21.7. The Morgan fingerprint density at radius 2 is 1.43 bits per heavy atom. The number of benzene rings is 3. The molecule has 240 valence electrons. The van der Waals surface area contributed by atoms with Crippen molar-refractivity contribution in [1.29, 1.82) is 0 Å². The fourth-order valence-corrected chi connectivity index (χ4v) is 6.04. The average Bonchev–Trinajstić information content (AvgIpc) is 3.28. The van der Waals surface area contributed by atoms with E-state index in [2.05, 4.69) is 14.4 Å². The Labute approximate surface area is 258 Å². The molecule has 1 aliphatic heterocycles. The third kappa shape index (κ3) is 6.91. The van der Waals surface area contributed by atoms with Crippen LogP contribution in [0, 0.1) is 11.6 Å². The number of aromatic nitrogens is 1. The second-order valence-corrected chi connectivity index (χ2v) is 11.8. The second-order valence-electron chi connectivity index (χ2n) is 10.1. The van der Waals surface area contributed by atoms with Crippen LogP contribution in [-0.2, 0) is 14.8 Å². The Morgan fingerprint density at radius 1 is 0.804 bits per heavy atom. The number of hydrogen-bond acceptors (Lipinski definition) is 7. The van der Waals surface area contributed by atoms with Gasteiger partial charge in [0.05, 0.1) is 11.2 Å². The molecule has 10 nitrogen and oxygen atoms in total. The first kappa shape index (κ1) is 32.3. The lowest BCUT2D eigenvalue weighted by Crippen LogP contribution is -2.37. The van der Waals surface area contributed by atoms with Crippen molar-refractivity contribution in [1.82, 2.24) is 14.8 Å². The van der Waals surface area contributed by atoms with Gasteiger partial charge < -0.3 is 14.5 Å². The zero-order valence-corrected chi connectivity index (χ0v) is 24.4.